The van der Waals surface area contributed by atoms with Gasteiger partial charge in [0.2, 0.25) is 5.91 Å². The highest BCUT2D eigenvalue weighted by molar-refractivity contribution is 7.99. The first-order chi connectivity index (χ1) is 8.74. The van der Waals surface area contributed by atoms with Crippen LogP contribution in [0, 0.1) is 0 Å². The standard InChI is InChI=1S/C14H22N2OS/c1-12(14(17)16-10-6-9-15-2)18-11-13-7-4-3-5-8-13/h3-5,7-8,12,15H,6,9-11H2,1-2H3,(H,16,17). The minimum absolute atomic E-state index is 0.000193. The number of amides is 1. The molecule has 1 atom stereocenters. The van der Waals surface area contributed by atoms with Crippen molar-refractivity contribution in [3.8, 4) is 0 Å². The van der Waals surface area contributed by atoms with Crippen LogP contribution in [-0.2, 0) is 10.5 Å². The lowest BCUT2D eigenvalue weighted by molar-refractivity contribution is -0.120. The summed E-state index contributed by atoms with van der Waals surface area (Å²) < 4.78 is 0. The van der Waals surface area contributed by atoms with Crippen molar-refractivity contribution in [1.29, 1.82) is 0 Å². The van der Waals surface area contributed by atoms with Crippen molar-refractivity contribution in [2.45, 2.75) is 24.3 Å². The van der Waals surface area contributed by atoms with Gasteiger partial charge in [-0.15, -0.1) is 11.8 Å². The van der Waals surface area contributed by atoms with E-state index >= 15 is 0 Å². The van der Waals surface area contributed by atoms with Crippen molar-refractivity contribution in [2.75, 3.05) is 20.1 Å². The molecule has 0 aliphatic rings. The first-order valence-electron chi connectivity index (χ1n) is 6.32. The Morgan fingerprint density at radius 3 is 2.67 bits per heavy atom. The van der Waals surface area contributed by atoms with E-state index in [-0.39, 0.29) is 11.2 Å². The molecule has 4 heteroatoms. The average molecular weight is 266 g/mol. The molecule has 0 radical (unpaired) electrons. The van der Waals surface area contributed by atoms with Crippen molar-refractivity contribution >= 4 is 17.7 Å². The zero-order valence-corrected chi connectivity index (χ0v) is 11.9. The van der Waals surface area contributed by atoms with Crippen molar-refractivity contribution in [2.24, 2.45) is 0 Å². The third kappa shape index (κ3) is 6.07. The van der Waals surface area contributed by atoms with Crippen LogP contribution in [0.1, 0.15) is 18.9 Å². The fourth-order valence-electron chi connectivity index (χ4n) is 1.49. The second-order valence-corrected chi connectivity index (χ2v) is 5.52. The number of thioether (sulfide) groups is 1. The van der Waals surface area contributed by atoms with Crippen LogP contribution in [0.25, 0.3) is 0 Å². The number of rotatable bonds is 8. The highest BCUT2D eigenvalue weighted by Crippen LogP contribution is 2.17. The van der Waals surface area contributed by atoms with E-state index < -0.39 is 0 Å². The van der Waals surface area contributed by atoms with Crippen LogP contribution >= 0.6 is 11.8 Å². The molecule has 0 aliphatic carbocycles. The molecule has 1 amide bonds. The zero-order chi connectivity index (χ0) is 13.2. The van der Waals surface area contributed by atoms with Gasteiger partial charge in [-0.1, -0.05) is 30.3 Å². The molecular formula is C14H22N2OS. The Hall–Kier alpha value is -1.00. The Kier molecular flexibility index (Phi) is 7.53. The Labute approximate surface area is 114 Å². The van der Waals surface area contributed by atoms with Gasteiger partial charge in [-0.3, -0.25) is 4.79 Å². The quantitative estimate of drug-likeness (QED) is 0.707. The molecule has 0 saturated carbocycles. The molecule has 0 saturated heterocycles. The predicted molar refractivity (Wildman–Crippen MR) is 78.8 cm³/mol. The van der Waals surface area contributed by atoms with Gasteiger partial charge >= 0.3 is 0 Å². The van der Waals surface area contributed by atoms with E-state index in [0.29, 0.717) is 0 Å². The van der Waals surface area contributed by atoms with Gasteiger partial charge in [0.25, 0.3) is 0 Å². The lowest BCUT2D eigenvalue weighted by Gasteiger charge is -2.11. The maximum absolute atomic E-state index is 11.8. The Morgan fingerprint density at radius 1 is 1.28 bits per heavy atom. The molecule has 1 rings (SSSR count). The third-order valence-electron chi connectivity index (χ3n) is 2.61. The van der Waals surface area contributed by atoms with E-state index in [0.717, 1.165) is 25.3 Å². The number of carbonyl (C=O) groups excluding carboxylic acids is 1. The summed E-state index contributed by atoms with van der Waals surface area (Å²) in [5.74, 6) is 1.01. The van der Waals surface area contributed by atoms with Crippen molar-refractivity contribution < 1.29 is 4.79 Å². The average Bonchev–Trinajstić information content (AvgIpc) is 2.42. The largest absolute Gasteiger partial charge is 0.355 e. The summed E-state index contributed by atoms with van der Waals surface area (Å²) in [6.45, 7) is 3.64. The molecule has 0 aromatic heterocycles. The topological polar surface area (TPSA) is 41.1 Å². The molecular weight excluding hydrogens is 244 g/mol. The normalized spacial score (nSPS) is 12.1. The van der Waals surface area contributed by atoms with E-state index in [9.17, 15) is 4.79 Å². The summed E-state index contributed by atoms with van der Waals surface area (Å²) >= 11 is 1.67. The lowest BCUT2D eigenvalue weighted by atomic mass is 10.2. The Morgan fingerprint density at radius 2 is 2.00 bits per heavy atom. The lowest BCUT2D eigenvalue weighted by Crippen LogP contribution is -2.32. The summed E-state index contributed by atoms with van der Waals surface area (Å²) in [5.41, 5.74) is 1.26. The highest BCUT2D eigenvalue weighted by atomic mass is 32.2. The fourth-order valence-corrected chi connectivity index (χ4v) is 2.36. The maximum Gasteiger partial charge on any atom is 0.232 e. The summed E-state index contributed by atoms with van der Waals surface area (Å²) in [7, 11) is 1.92. The second-order valence-electron chi connectivity index (χ2n) is 4.19. The molecule has 1 aromatic carbocycles. The van der Waals surface area contributed by atoms with Gasteiger partial charge in [-0.25, -0.2) is 0 Å². The van der Waals surface area contributed by atoms with Gasteiger partial charge in [0.1, 0.15) is 0 Å². The van der Waals surface area contributed by atoms with Crippen LogP contribution in [-0.4, -0.2) is 31.3 Å². The first-order valence-corrected chi connectivity index (χ1v) is 7.36. The van der Waals surface area contributed by atoms with Crippen LogP contribution in [0.3, 0.4) is 0 Å². The molecule has 18 heavy (non-hydrogen) atoms. The van der Waals surface area contributed by atoms with Gasteiger partial charge in [-0.05, 0) is 32.5 Å². The van der Waals surface area contributed by atoms with Gasteiger partial charge in [-0.2, -0.15) is 0 Å². The fraction of sp³-hybridized carbons (Fsp3) is 0.500. The molecule has 3 nitrogen and oxygen atoms in total. The van der Waals surface area contributed by atoms with Gasteiger partial charge < -0.3 is 10.6 Å². The van der Waals surface area contributed by atoms with E-state index in [4.69, 9.17) is 0 Å². The molecule has 100 valence electrons. The minimum atomic E-state index is -0.000193. The van der Waals surface area contributed by atoms with Crippen LogP contribution in [0.15, 0.2) is 30.3 Å². The van der Waals surface area contributed by atoms with E-state index in [2.05, 4.69) is 22.8 Å². The number of nitrogens with one attached hydrogen (secondary N) is 2. The molecule has 2 N–H and O–H groups in total. The monoisotopic (exact) mass is 266 g/mol. The summed E-state index contributed by atoms with van der Waals surface area (Å²) in [6, 6.07) is 10.2. The number of hydrogen-bond donors (Lipinski definition) is 2. The Bertz CT molecular complexity index is 343. The molecule has 1 unspecified atom stereocenters. The molecule has 0 aliphatic heterocycles. The molecule has 1 aromatic rings. The summed E-state index contributed by atoms with van der Waals surface area (Å²) in [4.78, 5) is 11.8. The SMILES string of the molecule is CNCCCNC(=O)C(C)SCc1ccccc1. The van der Waals surface area contributed by atoms with E-state index in [1.807, 2.05) is 32.2 Å². The summed E-state index contributed by atoms with van der Waals surface area (Å²) in [6.07, 6.45) is 0.971. The van der Waals surface area contributed by atoms with Crippen molar-refractivity contribution in [1.82, 2.24) is 10.6 Å². The van der Waals surface area contributed by atoms with Gasteiger partial charge in [0, 0.05) is 12.3 Å². The molecule has 0 bridgehead atoms. The van der Waals surface area contributed by atoms with Crippen LogP contribution in [0.4, 0.5) is 0 Å². The highest BCUT2D eigenvalue weighted by Gasteiger charge is 2.12. The van der Waals surface area contributed by atoms with E-state index in [1.54, 1.807) is 11.8 Å². The smallest absolute Gasteiger partial charge is 0.232 e. The second kappa shape index (κ2) is 9.00. The third-order valence-corrected chi connectivity index (χ3v) is 3.83. The van der Waals surface area contributed by atoms with Crippen molar-refractivity contribution in [3.63, 3.8) is 0 Å². The van der Waals surface area contributed by atoms with Crippen LogP contribution in [0.5, 0.6) is 0 Å². The Balaban J connectivity index is 2.19. The number of carbonyl (C=O) groups is 1. The summed E-state index contributed by atoms with van der Waals surface area (Å²) in [5, 5.41) is 6.01. The van der Waals surface area contributed by atoms with E-state index in [1.165, 1.54) is 5.56 Å². The number of hydrogen-bond acceptors (Lipinski definition) is 3. The van der Waals surface area contributed by atoms with Crippen LogP contribution in [0.2, 0.25) is 0 Å². The first kappa shape index (κ1) is 15.1. The molecule has 0 fully saturated rings. The molecule has 0 spiro atoms. The van der Waals surface area contributed by atoms with Gasteiger partial charge in [0.05, 0.1) is 5.25 Å². The number of benzene rings is 1. The van der Waals surface area contributed by atoms with Crippen LogP contribution < -0.4 is 10.6 Å². The molecule has 0 heterocycles. The maximum atomic E-state index is 11.8. The minimum Gasteiger partial charge on any atom is -0.355 e. The van der Waals surface area contributed by atoms with Gasteiger partial charge in [0.15, 0.2) is 0 Å². The van der Waals surface area contributed by atoms with Crippen molar-refractivity contribution in [3.05, 3.63) is 35.9 Å². The predicted octanol–water partition coefficient (Wildman–Crippen LogP) is 2.03. The zero-order valence-electron chi connectivity index (χ0n) is 11.1.